The zero-order chi connectivity index (χ0) is 17.9. The van der Waals surface area contributed by atoms with Gasteiger partial charge in [0, 0.05) is 12.1 Å². The summed E-state index contributed by atoms with van der Waals surface area (Å²) >= 11 is 0. The highest BCUT2D eigenvalue weighted by molar-refractivity contribution is 5.64. The van der Waals surface area contributed by atoms with E-state index in [1.54, 1.807) is 0 Å². The lowest BCUT2D eigenvalue weighted by Gasteiger charge is -2.19. The molecule has 1 heterocycles. The average Bonchev–Trinajstić information content (AvgIpc) is 2.57. The van der Waals surface area contributed by atoms with Crippen LogP contribution in [0.15, 0.2) is 24.3 Å². The molecule has 0 bridgehead atoms. The van der Waals surface area contributed by atoms with E-state index < -0.39 is 17.2 Å². The molecule has 138 valence electrons. The van der Waals surface area contributed by atoms with E-state index in [0.29, 0.717) is 26.4 Å². The monoisotopic (exact) mass is 357 g/mol. The first-order valence-corrected chi connectivity index (χ1v) is 7.59. The van der Waals surface area contributed by atoms with Gasteiger partial charge in [-0.2, -0.15) is 0 Å². The summed E-state index contributed by atoms with van der Waals surface area (Å²) in [6, 6.07) is 5.07. The molecule has 1 saturated heterocycles. The van der Waals surface area contributed by atoms with E-state index in [-0.39, 0.29) is 31.4 Å². The molecular weight excluding hydrogens is 338 g/mol. The Morgan fingerprint density at radius 1 is 1.00 bits per heavy atom. The van der Waals surface area contributed by atoms with Gasteiger partial charge in [-0.25, -0.2) is 4.79 Å². The fourth-order valence-electron chi connectivity index (χ4n) is 1.85. The minimum atomic E-state index is -0.953. The molecule has 1 aromatic rings. The van der Waals surface area contributed by atoms with Crippen molar-refractivity contribution >= 4 is 11.8 Å². The molecular formula is C15H19NO9. The van der Waals surface area contributed by atoms with Gasteiger partial charge in [0.15, 0.2) is 6.10 Å². The second kappa shape index (κ2) is 10.6. The Morgan fingerprint density at radius 2 is 1.56 bits per heavy atom. The van der Waals surface area contributed by atoms with Gasteiger partial charge in [0.25, 0.3) is 5.69 Å². The van der Waals surface area contributed by atoms with Gasteiger partial charge in [0.1, 0.15) is 12.5 Å². The summed E-state index contributed by atoms with van der Waals surface area (Å²) in [5.74, 6) is 0.132. The summed E-state index contributed by atoms with van der Waals surface area (Å²) in [4.78, 5) is 21.9. The zero-order valence-corrected chi connectivity index (χ0v) is 13.5. The second-order valence-corrected chi connectivity index (χ2v) is 4.93. The first kappa shape index (κ1) is 19.1. The maximum absolute atomic E-state index is 11.8. The number of non-ortho nitro benzene ring substituents is 1. The maximum Gasteiger partial charge on any atom is 0.514 e. The fraction of sp³-hybridized carbons (Fsp3) is 0.533. The summed E-state index contributed by atoms with van der Waals surface area (Å²) in [5.41, 5.74) is -0.105. The van der Waals surface area contributed by atoms with Crippen molar-refractivity contribution < 1.29 is 38.1 Å². The van der Waals surface area contributed by atoms with E-state index in [1.165, 1.54) is 24.3 Å². The number of nitrogens with zero attached hydrogens (tertiary/aromatic N) is 1. The van der Waals surface area contributed by atoms with E-state index in [9.17, 15) is 14.9 Å². The summed E-state index contributed by atoms with van der Waals surface area (Å²) in [7, 11) is 0. The van der Waals surface area contributed by atoms with Crippen LogP contribution in [0, 0.1) is 10.1 Å². The van der Waals surface area contributed by atoms with E-state index in [4.69, 9.17) is 28.4 Å². The lowest BCUT2D eigenvalue weighted by molar-refractivity contribution is -0.384. The van der Waals surface area contributed by atoms with Crippen molar-refractivity contribution in [1.29, 1.82) is 0 Å². The van der Waals surface area contributed by atoms with E-state index >= 15 is 0 Å². The Balaban J connectivity index is 1.82. The molecule has 0 aliphatic carbocycles. The van der Waals surface area contributed by atoms with Gasteiger partial charge in [0.05, 0.1) is 44.6 Å². The highest BCUT2D eigenvalue weighted by Gasteiger charge is 2.18. The molecule has 0 aromatic heterocycles. The number of hydrogen-bond donors (Lipinski definition) is 0. The SMILES string of the molecule is O=C(Oc1ccc([N+](=O)[O-])cc1)OC1COCCOCOCCOC1. The molecule has 0 saturated carbocycles. The van der Waals surface area contributed by atoms with Crippen LogP contribution in [0.4, 0.5) is 10.5 Å². The third-order valence-corrected chi connectivity index (χ3v) is 3.03. The van der Waals surface area contributed by atoms with Crippen molar-refractivity contribution in [2.24, 2.45) is 0 Å². The number of carbonyl (C=O) groups excluding carboxylic acids is 1. The van der Waals surface area contributed by atoms with Gasteiger partial charge >= 0.3 is 6.16 Å². The van der Waals surface area contributed by atoms with E-state index in [0.717, 1.165) is 0 Å². The highest BCUT2D eigenvalue weighted by atomic mass is 16.7. The number of ether oxygens (including phenoxy) is 6. The third kappa shape index (κ3) is 7.44. The Hall–Kier alpha value is -2.27. The molecule has 1 aromatic carbocycles. The molecule has 0 N–H and O–H groups in total. The largest absolute Gasteiger partial charge is 0.514 e. The number of carbonyl (C=O) groups is 1. The van der Waals surface area contributed by atoms with Crippen LogP contribution in [-0.2, 0) is 23.7 Å². The van der Waals surface area contributed by atoms with Crippen molar-refractivity contribution in [2.75, 3.05) is 46.4 Å². The average molecular weight is 357 g/mol. The molecule has 0 unspecified atom stereocenters. The predicted octanol–water partition coefficient (Wildman–Crippen LogP) is 1.52. The first-order valence-electron chi connectivity index (χ1n) is 7.59. The summed E-state index contributed by atoms with van der Waals surface area (Å²) in [6.45, 7) is 1.79. The number of hydrogen-bond acceptors (Lipinski definition) is 9. The van der Waals surface area contributed by atoms with Gasteiger partial charge in [-0.05, 0) is 12.1 Å². The van der Waals surface area contributed by atoms with Crippen LogP contribution in [0.25, 0.3) is 0 Å². The summed E-state index contributed by atoms with van der Waals surface area (Å²) in [6.07, 6.45) is -1.62. The Bertz CT molecular complexity index is 536. The predicted molar refractivity (Wildman–Crippen MR) is 82.4 cm³/mol. The topological polar surface area (TPSA) is 116 Å². The third-order valence-electron chi connectivity index (χ3n) is 3.03. The Morgan fingerprint density at radius 3 is 2.12 bits per heavy atom. The van der Waals surface area contributed by atoms with Crippen LogP contribution in [0.1, 0.15) is 0 Å². The first-order chi connectivity index (χ1) is 12.1. The maximum atomic E-state index is 11.8. The van der Waals surface area contributed by atoms with Crippen LogP contribution in [0.3, 0.4) is 0 Å². The van der Waals surface area contributed by atoms with Crippen LogP contribution < -0.4 is 4.74 Å². The van der Waals surface area contributed by atoms with Crippen LogP contribution in [0.5, 0.6) is 5.75 Å². The van der Waals surface area contributed by atoms with Gasteiger partial charge < -0.3 is 28.4 Å². The van der Waals surface area contributed by atoms with Crippen molar-refractivity contribution in [3.8, 4) is 5.75 Å². The van der Waals surface area contributed by atoms with Crippen molar-refractivity contribution in [3.05, 3.63) is 34.4 Å². The van der Waals surface area contributed by atoms with Gasteiger partial charge in [-0.15, -0.1) is 0 Å². The molecule has 0 amide bonds. The van der Waals surface area contributed by atoms with Crippen LogP contribution in [-0.4, -0.2) is 63.6 Å². The van der Waals surface area contributed by atoms with E-state index in [2.05, 4.69) is 0 Å². The fourth-order valence-corrected chi connectivity index (χ4v) is 1.85. The van der Waals surface area contributed by atoms with Crippen molar-refractivity contribution in [1.82, 2.24) is 0 Å². The zero-order valence-electron chi connectivity index (χ0n) is 13.5. The highest BCUT2D eigenvalue weighted by Crippen LogP contribution is 2.18. The van der Waals surface area contributed by atoms with Gasteiger partial charge in [-0.3, -0.25) is 10.1 Å². The molecule has 10 nitrogen and oxygen atoms in total. The molecule has 0 radical (unpaired) electrons. The van der Waals surface area contributed by atoms with Gasteiger partial charge in [0.2, 0.25) is 0 Å². The molecule has 1 aliphatic rings. The number of nitro groups is 1. The van der Waals surface area contributed by atoms with E-state index in [1.807, 2.05) is 0 Å². The number of rotatable bonds is 3. The molecule has 1 fully saturated rings. The van der Waals surface area contributed by atoms with Crippen molar-refractivity contribution in [2.45, 2.75) is 6.10 Å². The Kier molecular flexibility index (Phi) is 8.05. The molecule has 2 rings (SSSR count). The normalized spacial score (nSPS) is 17.8. The number of nitro benzene ring substituents is 1. The van der Waals surface area contributed by atoms with Crippen LogP contribution >= 0.6 is 0 Å². The minimum Gasteiger partial charge on any atom is -0.426 e. The summed E-state index contributed by atoms with van der Waals surface area (Å²) < 4.78 is 31.1. The quantitative estimate of drug-likeness (QED) is 0.343. The molecule has 10 heteroatoms. The molecule has 0 spiro atoms. The molecule has 25 heavy (non-hydrogen) atoms. The Labute approximate surface area is 143 Å². The van der Waals surface area contributed by atoms with Crippen LogP contribution in [0.2, 0.25) is 0 Å². The molecule has 0 atom stereocenters. The second-order valence-electron chi connectivity index (χ2n) is 4.93. The summed E-state index contributed by atoms with van der Waals surface area (Å²) in [5, 5.41) is 10.6. The van der Waals surface area contributed by atoms with Gasteiger partial charge in [-0.1, -0.05) is 0 Å². The minimum absolute atomic E-state index is 0.105. The lowest BCUT2D eigenvalue weighted by Crippen LogP contribution is -2.31. The standard InChI is InChI=1S/C15H19NO9/c17-15(24-13-3-1-12(2-4-13)16(18)19)25-14-9-20-5-7-22-11-23-8-6-21-10-14/h1-4,14H,5-11H2. The molecule has 1 aliphatic heterocycles. The lowest BCUT2D eigenvalue weighted by atomic mass is 10.3. The van der Waals surface area contributed by atoms with Crippen molar-refractivity contribution in [3.63, 3.8) is 0 Å². The number of benzene rings is 1. The smallest absolute Gasteiger partial charge is 0.426 e.